The van der Waals surface area contributed by atoms with Crippen LogP contribution in [0, 0.1) is 0 Å². The van der Waals surface area contributed by atoms with E-state index in [1.54, 1.807) is 0 Å². The maximum atomic E-state index is 12.8. The largest absolute Gasteiger partial charge is 0.417 e. The molecule has 0 saturated carbocycles. The van der Waals surface area contributed by atoms with Gasteiger partial charge in [0.05, 0.1) is 15.5 Å². The fourth-order valence-electron chi connectivity index (χ4n) is 2.42. The highest BCUT2D eigenvalue weighted by atomic mass is 35.5. The van der Waals surface area contributed by atoms with E-state index in [1.165, 1.54) is 0 Å². The molecule has 1 fully saturated rings. The molecule has 1 heterocycles. The molecule has 0 aromatic heterocycles. The number of hydrogen-bond donors (Lipinski definition) is 2. The zero-order chi connectivity index (χ0) is 17.8. The van der Waals surface area contributed by atoms with Gasteiger partial charge < -0.3 is 10.2 Å². The van der Waals surface area contributed by atoms with Crippen LogP contribution in [-0.2, 0) is 16.2 Å². The summed E-state index contributed by atoms with van der Waals surface area (Å²) in [6, 6.07) is 2.57. The lowest BCUT2D eigenvalue weighted by atomic mass is 10.2. The maximum Gasteiger partial charge on any atom is 0.417 e. The highest BCUT2D eigenvalue weighted by molar-refractivity contribution is 7.89. The van der Waals surface area contributed by atoms with E-state index in [9.17, 15) is 21.6 Å². The molecule has 0 amide bonds. The molecular formula is C14H21Cl3F3N3O2S. The van der Waals surface area contributed by atoms with Gasteiger partial charge in [0, 0.05) is 32.7 Å². The van der Waals surface area contributed by atoms with Crippen LogP contribution < -0.4 is 10.0 Å². The van der Waals surface area contributed by atoms with Crippen molar-refractivity contribution in [2.75, 3.05) is 39.3 Å². The second-order valence-electron chi connectivity index (χ2n) is 5.48. The average molecular weight is 459 g/mol. The number of sulfonamides is 1. The summed E-state index contributed by atoms with van der Waals surface area (Å²) in [6.07, 6.45) is -4.12. The highest BCUT2D eigenvalue weighted by Crippen LogP contribution is 2.35. The van der Waals surface area contributed by atoms with E-state index in [1.807, 2.05) is 0 Å². The quantitative estimate of drug-likeness (QED) is 0.644. The molecule has 1 aromatic rings. The van der Waals surface area contributed by atoms with Gasteiger partial charge in [-0.2, -0.15) is 13.2 Å². The Balaban J connectivity index is 0.00000312. The third kappa shape index (κ3) is 7.38. The number of hydrogen-bond acceptors (Lipinski definition) is 4. The Labute approximate surface area is 168 Å². The van der Waals surface area contributed by atoms with E-state index in [4.69, 9.17) is 11.6 Å². The maximum absolute atomic E-state index is 12.8. The first-order chi connectivity index (χ1) is 11.2. The van der Waals surface area contributed by atoms with Gasteiger partial charge in [0.2, 0.25) is 10.0 Å². The third-order valence-corrected chi connectivity index (χ3v) is 5.49. The Hall–Kier alpha value is -0.290. The molecule has 2 rings (SSSR count). The summed E-state index contributed by atoms with van der Waals surface area (Å²) in [6.45, 7) is 4.50. The molecule has 1 aromatic carbocycles. The molecule has 1 aliphatic heterocycles. The zero-order valence-electron chi connectivity index (χ0n) is 13.7. The van der Waals surface area contributed by atoms with E-state index in [2.05, 4.69) is 14.9 Å². The Kier molecular flexibility index (Phi) is 10.8. The van der Waals surface area contributed by atoms with Crippen LogP contribution in [0.4, 0.5) is 13.2 Å². The number of benzene rings is 1. The number of alkyl halides is 3. The lowest BCUT2D eigenvalue weighted by Gasteiger charge is -2.27. The number of halogens is 6. The van der Waals surface area contributed by atoms with Crippen molar-refractivity contribution in [3.05, 3.63) is 28.8 Å². The minimum Gasteiger partial charge on any atom is -0.314 e. The average Bonchev–Trinajstić information content (AvgIpc) is 2.52. The van der Waals surface area contributed by atoms with E-state index >= 15 is 0 Å². The van der Waals surface area contributed by atoms with Crippen molar-refractivity contribution in [1.82, 2.24) is 14.9 Å². The minimum absolute atomic E-state index is 0. The van der Waals surface area contributed by atoms with Gasteiger partial charge >= 0.3 is 6.18 Å². The predicted octanol–water partition coefficient (Wildman–Crippen LogP) is 2.78. The van der Waals surface area contributed by atoms with Gasteiger partial charge in [-0.05, 0) is 31.2 Å². The molecule has 1 saturated heterocycles. The molecule has 2 N–H and O–H groups in total. The molecular weight excluding hydrogens is 438 g/mol. The lowest BCUT2D eigenvalue weighted by Crippen LogP contribution is -2.44. The van der Waals surface area contributed by atoms with Gasteiger partial charge in [0.1, 0.15) is 0 Å². The van der Waals surface area contributed by atoms with Crippen LogP contribution in [-0.4, -0.2) is 52.6 Å². The molecule has 5 nitrogen and oxygen atoms in total. The smallest absolute Gasteiger partial charge is 0.314 e. The molecule has 0 atom stereocenters. The zero-order valence-corrected chi connectivity index (χ0v) is 16.9. The fraction of sp³-hybridized carbons (Fsp3) is 0.571. The predicted molar refractivity (Wildman–Crippen MR) is 100 cm³/mol. The van der Waals surface area contributed by atoms with Gasteiger partial charge in [0.15, 0.2) is 0 Å². The van der Waals surface area contributed by atoms with Crippen molar-refractivity contribution >= 4 is 46.4 Å². The molecule has 0 aliphatic carbocycles. The van der Waals surface area contributed by atoms with Crippen LogP contribution in [0.25, 0.3) is 0 Å². The van der Waals surface area contributed by atoms with Gasteiger partial charge in [0.25, 0.3) is 0 Å². The summed E-state index contributed by atoms with van der Waals surface area (Å²) in [4.78, 5) is 1.76. The molecule has 0 unspecified atom stereocenters. The molecule has 0 spiro atoms. The van der Waals surface area contributed by atoms with Crippen molar-refractivity contribution in [2.24, 2.45) is 0 Å². The monoisotopic (exact) mass is 457 g/mol. The van der Waals surface area contributed by atoms with Crippen LogP contribution >= 0.6 is 36.4 Å². The summed E-state index contributed by atoms with van der Waals surface area (Å²) in [7, 11) is -4.00. The normalized spacial score (nSPS) is 15.8. The second kappa shape index (κ2) is 10.9. The Morgan fingerprint density at radius 2 is 1.81 bits per heavy atom. The summed E-state index contributed by atoms with van der Waals surface area (Å²) in [5, 5.41) is 2.69. The first-order valence-electron chi connectivity index (χ1n) is 7.49. The van der Waals surface area contributed by atoms with Gasteiger partial charge in [-0.3, -0.25) is 0 Å². The van der Waals surface area contributed by atoms with E-state index in [0.29, 0.717) is 12.5 Å². The lowest BCUT2D eigenvalue weighted by molar-refractivity contribution is -0.137. The summed E-state index contributed by atoms with van der Waals surface area (Å²) in [5.41, 5.74) is -1.16. The SMILES string of the molecule is Cl.Cl.O=S(=O)(NCCCN1CCNCC1)c1ccc(Cl)c(C(F)(F)F)c1. The van der Waals surface area contributed by atoms with Crippen LogP contribution in [0.2, 0.25) is 5.02 Å². The number of nitrogens with one attached hydrogen (secondary N) is 2. The molecule has 152 valence electrons. The van der Waals surface area contributed by atoms with E-state index in [-0.39, 0.29) is 31.4 Å². The summed E-state index contributed by atoms with van der Waals surface area (Å²) >= 11 is 5.50. The van der Waals surface area contributed by atoms with E-state index < -0.39 is 31.7 Å². The molecule has 26 heavy (non-hydrogen) atoms. The fourth-order valence-corrected chi connectivity index (χ4v) is 3.74. The van der Waals surface area contributed by atoms with Crippen LogP contribution in [0.5, 0.6) is 0 Å². The third-order valence-electron chi connectivity index (χ3n) is 3.71. The van der Waals surface area contributed by atoms with Crippen LogP contribution in [0.15, 0.2) is 23.1 Å². The van der Waals surface area contributed by atoms with Crippen molar-refractivity contribution in [2.45, 2.75) is 17.5 Å². The van der Waals surface area contributed by atoms with Crippen molar-refractivity contribution in [3.8, 4) is 0 Å². The standard InChI is InChI=1S/C14H19ClF3N3O2S.2ClH/c15-13-3-2-11(10-12(13)14(16,17)18)24(22,23)20-4-1-7-21-8-5-19-6-9-21;;/h2-3,10,19-20H,1,4-9H2;2*1H. The highest BCUT2D eigenvalue weighted by Gasteiger charge is 2.34. The first kappa shape index (κ1) is 25.7. The van der Waals surface area contributed by atoms with Crippen LogP contribution in [0.3, 0.4) is 0 Å². The van der Waals surface area contributed by atoms with Crippen molar-refractivity contribution < 1.29 is 21.6 Å². The van der Waals surface area contributed by atoms with Gasteiger partial charge in [-0.1, -0.05) is 11.6 Å². The minimum atomic E-state index is -4.70. The Bertz CT molecular complexity index is 669. The van der Waals surface area contributed by atoms with E-state index in [0.717, 1.165) is 44.9 Å². The van der Waals surface area contributed by atoms with Crippen molar-refractivity contribution in [3.63, 3.8) is 0 Å². The Morgan fingerprint density at radius 3 is 2.38 bits per heavy atom. The summed E-state index contributed by atoms with van der Waals surface area (Å²) < 4.78 is 65.0. The molecule has 12 heteroatoms. The summed E-state index contributed by atoms with van der Waals surface area (Å²) in [5.74, 6) is 0. The number of rotatable bonds is 6. The Morgan fingerprint density at radius 1 is 1.19 bits per heavy atom. The van der Waals surface area contributed by atoms with Crippen molar-refractivity contribution in [1.29, 1.82) is 0 Å². The molecule has 0 bridgehead atoms. The molecule has 1 aliphatic rings. The van der Waals surface area contributed by atoms with Gasteiger partial charge in [-0.15, -0.1) is 24.8 Å². The topological polar surface area (TPSA) is 61.4 Å². The van der Waals surface area contributed by atoms with Gasteiger partial charge in [-0.25, -0.2) is 13.1 Å². The number of piperazine rings is 1. The second-order valence-corrected chi connectivity index (χ2v) is 7.66. The molecule has 0 radical (unpaired) electrons. The van der Waals surface area contributed by atoms with Crippen LogP contribution in [0.1, 0.15) is 12.0 Å². The number of nitrogens with zero attached hydrogens (tertiary/aromatic N) is 1. The first-order valence-corrected chi connectivity index (χ1v) is 9.36.